The first kappa shape index (κ1) is 16.5. The second-order valence-corrected chi connectivity index (χ2v) is 8.10. The molecule has 4 rings (SSSR count). The third kappa shape index (κ3) is 2.93. The third-order valence-corrected chi connectivity index (χ3v) is 7.38. The van der Waals surface area contributed by atoms with Gasteiger partial charge < -0.3 is 5.85 Å². The summed E-state index contributed by atoms with van der Waals surface area (Å²) in [4.78, 5) is 0. The van der Waals surface area contributed by atoms with Crippen LogP contribution >= 0.6 is 0 Å². The van der Waals surface area contributed by atoms with Gasteiger partial charge in [-0.05, 0) is 29.2 Å². The van der Waals surface area contributed by atoms with E-state index in [0.717, 1.165) is 6.61 Å². The fraction of sp³-hybridized carbons (Fsp3) is 0.200. The molecule has 2 aromatic carbocycles. The van der Waals surface area contributed by atoms with Gasteiger partial charge in [0.1, 0.15) is 0 Å². The van der Waals surface area contributed by atoms with E-state index in [1.807, 2.05) is 0 Å². The summed E-state index contributed by atoms with van der Waals surface area (Å²) >= 11 is 0. The maximum Gasteiger partial charge on any atom is 1.00 e. The van der Waals surface area contributed by atoms with Crippen molar-refractivity contribution in [2.24, 2.45) is 0 Å². The standard InChI is InChI=1S/C20H19OSi.Li.H/c1-2-21-22(19-13-11-15-7-3-5-9-17(15)19)20-14-12-16-8-4-6-10-18(16)20;;/h3-14,19-20H,2H2,1H3;;/q;+1;-1. The second kappa shape index (κ2) is 7.07. The van der Waals surface area contributed by atoms with Crippen molar-refractivity contribution in [3.8, 4) is 0 Å². The minimum atomic E-state index is -1.05. The minimum Gasteiger partial charge on any atom is -1.00 e. The van der Waals surface area contributed by atoms with Crippen molar-refractivity contribution < 1.29 is 24.7 Å². The SMILES string of the molecule is CCO[Si](C1C=Cc2ccccc21)C1C=Cc2ccccc21.[H-].[Li+]. The maximum absolute atomic E-state index is 6.32. The van der Waals surface area contributed by atoms with Gasteiger partial charge in [-0.15, -0.1) is 0 Å². The van der Waals surface area contributed by atoms with Gasteiger partial charge in [-0.1, -0.05) is 72.8 Å². The molecular formula is C20H20LiOSi. The second-order valence-electron chi connectivity index (χ2n) is 5.77. The van der Waals surface area contributed by atoms with E-state index in [-0.39, 0.29) is 20.3 Å². The molecule has 1 radical (unpaired) electrons. The van der Waals surface area contributed by atoms with Crippen molar-refractivity contribution >= 4 is 21.2 Å². The van der Waals surface area contributed by atoms with Gasteiger partial charge in [0.25, 0.3) is 0 Å². The fourth-order valence-electron chi connectivity index (χ4n) is 3.53. The summed E-state index contributed by atoms with van der Waals surface area (Å²) in [5.74, 6) is 0. The predicted octanol–water partition coefficient (Wildman–Crippen LogP) is 1.83. The molecule has 2 atom stereocenters. The Hall–Kier alpha value is -1.31. The Morgan fingerprint density at radius 2 is 1.35 bits per heavy atom. The third-order valence-electron chi connectivity index (χ3n) is 4.52. The van der Waals surface area contributed by atoms with E-state index < -0.39 is 9.04 Å². The van der Waals surface area contributed by atoms with Gasteiger partial charge in [0.05, 0.1) is 0 Å². The van der Waals surface area contributed by atoms with Gasteiger partial charge in [-0.3, -0.25) is 0 Å². The van der Waals surface area contributed by atoms with Crippen LogP contribution in [0, 0.1) is 0 Å². The van der Waals surface area contributed by atoms with Gasteiger partial charge >= 0.3 is 18.9 Å². The van der Waals surface area contributed by atoms with Crippen LogP contribution in [0.3, 0.4) is 0 Å². The molecule has 2 aromatic rings. The summed E-state index contributed by atoms with van der Waals surface area (Å²) in [6.45, 7) is 2.90. The molecule has 0 aliphatic heterocycles. The van der Waals surface area contributed by atoms with Gasteiger partial charge in [0.2, 0.25) is 9.04 Å². The summed E-state index contributed by atoms with van der Waals surface area (Å²) in [7, 11) is -1.05. The topological polar surface area (TPSA) is 9.23 Å². The number of benzene rings is 2. The smallest absolute Gasteiger partial charge is 1.00 e. The van der Waals surface area contributed by atoms with Crippen LogP contribution in [0.2, 0.25) is 0 Å². The molecule has 111 valence electrons. The summed E-state index contributed by atoms with van der Waals surface area (Å²) in [5.41, 5.74) is 6.43. The molecule has 0 aromatic heterocycles. The summed E-state index contributed by atoms with van der Waals surface area (Å²) in [5, 5.41) is 0. The first-order chi connectivity index (χ1) is 10.9. The maximum atomic E-state index is 6.32. The van der Waals surface area contributed by atoms with Crippen LogP contribution in [-0.4, -0.2) is 15.6 Å². The summed E-state index contributed by atoms with van der Waals surface area (Å²) in [6, 6.07) is 17.4. The van der Waals surface area contributed by atoms with E-state index in [1.165, 1.54) is 22.3 Å². The van der Waals surface area contributed by atoms with Gasteiger partial charge in [-0.2, -0.15) is 0 Å². The molecule has 0 bridgehead atoms. The molecule has 0 saturated carbocycles. The molecule has 0 heterocycles. The Balaban J connectivity index is 0.00000104. The van der Waals surface area contributed by atoms with Gasteiger partial charge in [0.15, 0.2) is 0 Å². The summed E-state index contributed by atoms with van der Waals surface area (Å²) < 4.78 is 6.32. The fourth-order valence-corrected chi connectivity index (χ4v) is 6.32. The molecule has 0 saturated heterocycles. The minimum absolute atomic E-state index is 0. The molecule has 0 N–H and O–H groups in total. The van der Waals surface area contributed by atoms with Crippen molar-refractivity contribution in [1.82, 2.24) is 0 Å². The molecule has 2 aliphatic rings. The van der Waals surface area contributed by atoms with Crippen LogP contribution in [0.4, 0.5) is 0 Å². The van der Waals surface area contributed by atoms with Crippen molar-refractivity contribution in [1.29, 1.82) is 0 Å². The largest absolute Gasteiger partial charge is 1.00 e. The van der Waals surface area contributed by atoms with Crippen LogP contribution in [0.15, 0.2) is 60.7 Å². The van der Waals surface area contributed by atoms with E-state index >= 15 is 0 Å². The van der Waals surface area contributed by atoms with Crippen LogP contribution in [-0.2, 0) is 4.43 Å². The van der Waals surface area contributed by atoms with Crippen molar-refractivity contribution in [3.05, 3.63) is 82.9 Å². The van der Waals surface area contributed by atoms with Crippen LogP contribution in [0.1, 0.15) is 41.7 Å². The van der Waals surface area contributed by atoms with Crippen LogP contribution < -0.4 is 18.9 Å². The Labute approximate surface area is 153 Å². The average molecular weight is 311 g/mol. The van der Waals surface area contributed by atoms with Crippen LogP contribution in [0.25, 0.3) is 12.2 Å². The predicted molar refractivity (Wildman–Crippen MR) is 94.9 cm³/mol. The number of fused-ring (bicyclic) bond motifs is 2. The van der Waals surface area contributed by atoms with Gasteiger partial charge in [0, 0.05) is 17.7 Å². The van der Waals surface area contributed by atoms with E-state index in [9.17, 15) is 0 Å². The molecule has 2 aliphatic carbocycles. The number of allylic oxidation sites excluding steroid dienone is 2. The van der Waals surface area contributed by atoms with E-state index in [4.69, 9.17) is 4.43 Å². The van der Waals surface area contributed by atoms with Crippen molar-refractivity contribution in [3.63, 3.8) is 0 Å². The first-order valence-corrected chi connectivity index (χ1v) is 9.48. The number of hydrogen-bond donors (Lipinski definition) is 0. The van der Waals surface area contributed by atoms with Gasteiger partial charge in [-0.25, -0.2) is 0 Å². The monoisotopic (exact) mass is 311 g/mol. The Bertz CT molecular complexity index is 697. The Kier molecular flexibility index (Phi) is 5.09. The van der Waals surface area contributed by atoms with Crippen molar-refractivity contribution in [2.45, 2.75) is 18.0 Å². The molecular weight excluding hydrogens is 291 g/mol. The van der Waals surface area contributed by atoms with Crippen molar-refractivity contribution in [2.75, 3.05) is 6.61 Å². The molecule has 0 fully saturated rings. The van der Waals surface area contributed by atoms with E-state index in [2.05, 4.69) is 79.8 Å². The molecule has 1 nitrogen and oxygen atoms in total. The van der Waals surface area contributed by atoms with Crippen LogP contribution in [0.5, 0.6) is 0 Å². The number of rotatable bonds is 4. The zero-order chi connectivity index (χ0) is 14.9. The summed E-state index contributed by atoms with van der Waals surface area (Å²) in [6.07, 6.45) is 9.22. The molecule has 0 amide bonds. The first-order valence-electron chi connectivity index (χ1n) is 7.92. The molecule has 0 spiro atoms. The Morgan fingerprint density at radius 3 is 1.83 bits per heavy atom. The normalized spacial score (nSPS) is 20.4. The van der Waals surface area contributed by atoms with E-state index in [0.29, 0.717) is 11.1 Å². The molecule has 23 heavy (non-hydrogen) atoms. The Morgan fingerprint density at radius 1 is 0.870 bits per heavy atom. The van der Waals surface area contributed by atoms with E-state index in [1.54, 1.807) is 0 Å². The molecule has 2 unspecified atom stereocenters. The quantitative estimate of drug-likeness (QED) is 0.783. The number of hydrogen-bond acceptors (Lipinski definition) is 1. The zero-order valence-corrected chi connectivity index (χ0v) is 14.7. The molecule has 3 heteroatoms. The zero-order valence-electron chi connectivity index (χ0n) is 14.7. The average Bonchev–Trinajstić information content (AvgIpc) is 3.17.